The number of hydrogen-bond acceptors (Lipinski definition) is 6. The largest absolute Gasteiger partial charge is 0.325 e. The lowest BCUT2D eigenvalue weighted by Gasteiger charge is -2.26. The molecule has 0 aliphatic carbocycles. The summed E-state index contributed by atoms with van der Waals surface area (Å²) in [4.78, 5) is 19.1. The summed E-state index contributed by atoms with van der Waals surface area (Å²) in [5.41, 5.74) is 3.46. The molecule has 1 N–H and O–H groups in total. The van der Waals surface area contributed by atoms with E-state index in [1.165, 1.54) is 11.8 Å². The van der Waals surface area contributed by atoms with Gasteiger partial charge in [-0.3, -0.25) is 9.79 Å². The van der Waals surface area contributed by atoms with Crippen molar-refractivity contribution in [2.24, 2.45) is 4.99 Å². The average molecular weight is 498 g/mol. The van der Waals surface area contributed by atoms with Crippen LogP contribution in [0.4, 0.5) is 11.4 Å². The van der Waals surface area contributed by atoms with Crippen LogP contribution in [0.2, 0.25) is 10.0 Å². The smallest absolute Gasteiger partial charge is 0.234 e. The van der Waals surface area contributed by atoms with Crippen molar-refractivity contribution in [1.29, 1.82) is 0 Å². The number of anilines is 2. The molecule has 2 unspecified atom stereocenters. The minimum Gasteiger partial charge on any atom is -0.325 e. The molecule has 2 aliphatic rings. The molecule has 0 bridgehead atoms. The Morgan fingerprint density at radius 3 is 2.45 bits per heavy atom. The second-order valence-electron chi connectivity index (χ2n) is 7.72. The van der Waals surface area contributed by atoms with Crippen LogP contribution in [0.5, 0.6) is 0 Å². The number of benzene rings is 2. The van der Waals surface area contributed by atoms with E-state index in [1.54, 1.807) is 18.2 Å². The zero-order chi connectivity index (χ0) is 22.3. The van der Waals surface area contributed by atoms with Gasteiger partial charge in [0.25, 0.3) is 0 Å². The number of carbonyl (C=O) groups is 1. The number of nitrogens with one attached hydrogen (secondary N) is 1. The molecule has 2 atom stereocenters. The summed E-state index contributed by atoms with van der Waals surface area (Å²) in [6, 6.07) is 10.2. The number of amidine groups is 1. The van der Waals surface area contributed by atoms with Crippen molar-refractivity contribution in [3.8, 4) is 0 Å². The lowest BCUT2D eigenvalue weighted by Crippen LogP contribution is -2.39. The minimum absolute atomic E-state index is 0.00112. The lowest BCUT2D eigenvalue weighted by molar-refractivity contribution is -0.113. The Labute approximate surface area is 195 Å². The van der Waals surface area contributed by atoms with Gasteiger partial charge in [-0.05, 0) is 43.2 Å². The Balaban J connectivity index is 1.55. The normalized spacial score (nSPS) is 21.7. The second kappa shape index (κ2) is 8.65. The molecular formula is C21H21Cl2N3O3S2. The number of aliphatic imine (C=N–C) groups is 1. The topological polar surface area (TPSA) is 78.8 Å². The van der Waals surface area contributed by atoms with Crippen LogP contribution in [0.15, 0.2) is 41.4 Å². The summed E-state index contributed by atoms with van der Waals surface area (Å²) in [7, 11) is -3.17. The predicted molar refractivity (Wildman–Crippen MR) is 130 cm³/mol. The van der Waals surface area contributed by atoms with E-state index >= 15 is 0 Å². The Morgan fingerprint density at radius 1 is 1.16 bits per heavy atom. The molecule has 0 saturated carbocycles. The molecule has 0 radical (unpaired) electrons. The first kappa shape index (κ1) is 22.5. The van der Waals surface area contributed by atoms with Crippen molar-refractivity contribution in [3.63, 3.8) is 0 Å². The lowest BCUT2D eigenvalue weighted by atomic mass is 10.1. The molecule has 2 heterocycles. The number of para-hydroxylation sites is 1. The fourth-order valence-electron chi connectivity index (χ4n) is 3.93. The highest BCUT2D eigenvalue weighted by atomic mass is 35.5. The van der Waals surface area contributed by atoms with Crippen molar-refractivity contribution < 1.29 is 13.2 Å². The van der Waals surface area contributed by atoms with Gasteiger partial charge in [0.2, 0.25) is 5.91 Å². The second-order valence-corrected chi connectivity index (χ2v) is 11.7. The van der Waals surface area contributed by atoms with Gasteiger partial charge >= 0.3 is 0 Å². The highest BCUT2D eigenvalue weighted by Gasteiger charge is 2.47. The number of carbonyl (C=O) groups excluding carboxylic acids is 1. The standard InChI is InChI=1S/C21H21Cl2N3O3S2/c1-12-4-3-5-13(2)20(12)25-19(27)9-30-21-24-17-10-31(28,29)11-18(17)26(21)16-7-14(22)6-15(23)8-16/h3-8,17-18H,9-11H2,1-2H3,(H,25,27). The van der Waals surface area contributed by atoms with E-state index < -0.39 is 9.84 Å². The molecular weight excluding hydrogens is 477 g/mol. The van der Waals surface area contributed by atoms with Gasteiger partial charge in [-0.1, -0.05) is 53.2 Å². The van der Waals surface area contributed by atoms with Crippen LogP contribution in [0.3, 0.4) is 0 Å². The number of rotatable bonds is 4. The third kappa shape index (κ3) is 4.87. The summed E-state index contributed by atoms with van der Waals surface area (Å²) in [5, 5.41) is 4.46. The zero-order valence-electron chi connectivity index (χ0n) is 16.9. The van der Waals surface area contributed by atoms with Gasteiger partial charge in [-0.25, -0.2) is 8.42 Å². The third-order valence-corrected chi connectivity index (χ3v) is 8.41. The molecule has 1 fully saturated rings. The number of sulfone groups is 1. The predicted octanol–water partition coefficient (Wildman–Crippen LogP) is 4.32. The molecule has 31 heavy (non-hydrogen) atoms. The highest BCUT2D eigenvalue weighted by molar-refractivity contribution is 8.14. The van der Waals surface area contributed by atoms with Crippen LogP contribution < -0.4 is 10.2 Å². The van der Waals surface area contributed by atoms with E-state index in [4.69, 9.17) is 23.2 Å². The summed E-state index contributed by atoms with van der Waals surface area (Å²) in [6.07, 6.45) is 0. The highest BCUT2D eigenvalue weighted by Crippen LogP contribution is 2.37. The Morgan fingerprint density at radius 2 is 1.81 bits per heavy atom. The number of amides is 1. The number of fused-ring (bicyclic) bond motifs is 1. The third-order valence-electron chi connectivity index (χ3n) is 5.31. The van der Waals surface area contributed by atoms with E-state index in [-0.39, 0.29) is 35.2 Å². The summed E-state index contributed by atoms with van der Waals surface area (Å²) < 4.78 is 24.4. The van der Waals surface area contributed by atoms with Crippen molar-refractivity contribution in [2.45, 2.75) is 25.9 Å². The maximum atomic E-state index is 12.6. The molecule has 4 rings (SSSR count). The SMILES string of the molecule is Cc1cccc(C)c1NC(=O)CSC1=NC2CS(=O)(=O)CC2N1c1cc(Cl)cc(Cl)c1. The van der Waals surface area contributed by atoms with Gasteiger partial charge in [0, 0.05) is 21.4 Å². The average Bonchev–Trinajstić information content (AvgIpc) is 3.13. The van der Waals surface area contributed by atoms with Gasteiger partial charge in [-0.15, -0.1) is 0 Å². The van der Waals surface area contributed by atoms with Crippen molar-refractivity contribution in [3.05, 3.63) is 57.6 Å². The minimum atomic E-state index is -3.17. The van der Waals surface area contributed by atoms with Crippen LogP contribution in [-0.4, -0.2) is 48.8 Å². The number of hydrogen-bond donors (Lipinski definition) is 1. The van der Waals surface area contributed by atoms with Crippen LogP contribution >= 0.6 is 35.0 Å². The quantitative estimate of drug-likeness (QED) is 0.679. The van der Waals surface area contributed by atoms with Crippen molar-refractivity contribution >= 4 is 67.3 Å². The fourth-order valence-corrected chi connectivity index (χ4v) is 7.21. The molecule has 2 aromatic carbocycles. The van der Waals surface area contributed by atoms with Crippen LogP contribution in [0.1, 0.15) is 11.1 Å². The molecule has 0 spiro atoms. The molecule has 1 saturated heterocycles. The zero-order valence-corrected chi connectivity index (χ0v) is 20.1. The maximum Gasteiger partial charge on any atom is 0.234 e. The van der Waals surface area contributed by atoms with Crippen LogP contribution in [-0.2, 0) is 14.6 Å². The Hall–Kier alpha value is -1.74. The monoisotopic (exact) mass is 497 g/mol. The molecule has 10 heteroatoms. The van der Waals surface area contributed by atoms with E-state index in [2.05, 4.69) is 10.3 Å². The van der Waals surface area contributed by atoms with Crippen molar-refractivity contribution in [1.82, 2.24) is 0 Å². The molecule has 6 nitrogen and oxygen atoms in total. The van der Waals surface area contributed by atoms with Crippen LogP contribution in [0, 0.1) is 13.8 Å². The van der Waals surface area contributed by atoms with Crippen molar-refractivity contribution in [2.75, 3.05) is 27.5 Å². The number of halogens is 2. The van der Waals surface area contributed by atoms with Gasteiger partial charge < -0.3 is 10.2 Å². The van der Waals surface area contributed by atoms with E-state index in [9.17, 15) is 13.2 Å². The first-order valence-corrected chi connectivity index (χ1v) is 13.2. The molecule has 0 aromatic heterocycles. The molecule has 1 amide bonds. The van der Waals surface area contributed by atoms with Gasteiger partial charge in [0.1, 0.15) is 0 Å². The Bertz CT molecular complexity index is 1140. The first-order valence-electron chi connectivity index (χ1n) is 9.65. The summed E-state index contributed by atoms with van der Waals surface area (Å²) >= 11 is 13.6. The maximum absolute atomic E-state index is 12.6. The number of thioether (sulfide) groups is 1. The number of nitrogens with zero attached hydrogens (tertiary/aromatic N) is 2. The number of aryl methyl sites for hydroxylation is 2. The van der Waals surface area contributed by atoms with E-state index in [0.29, 0.717) is 20.9 Å². The van der Waals surface area contributed by atoms with E-state index in [1.807, 2.05) is 36.9 Å². The summed E-state index contributed by atoms with van der Waals surface area (Å²) in [5.74, 6) is -0.00633. The van der Waals surface area contributed by atoms with Gasteiger partial charge in [-0.2, -0.15) is 0 Å². The molecule has 2 aliphatic heterocycles. The Kier molecular flexibility index (Phi) is 6.27. The molecule has 164 valence electrons. The van der Waals surface area contributed by atoms with Crippen LogP contribution in [0.25, 0.3) is 0 Å². The summed E-state index contributed by atoms with van der Waals surface area (Å²) in [6.45, 7) is 3.89. The molecule has 2 aromatic rings. The first-order chi connectivity index (χ1) is 14.6. The van der Waals surface area contributed by atoms with Gasteiger partial charge in [0.05, 0.1) is 29.3 Å². The fraction of sp³-hybridized carbons (Fsp3) is 0.333. The van der Waals surface area contributed by atoms with E-state index in [0.717, 1.165) is 16.8 Å². The van der Waals surface area contributed by atoms with Gasteiger partial charge in [0.15, 0.2) is 15.0 Å².